The van der Waals surface area contributed by atoms with Gasteiger partial charge in [-0.1, -0.05) is 339 Å². The van der Waals surface area contributed by atoms with Crippen molar-refractivity contribution >= 4 is 11.9 Å². The third-order valence-electron chi connectivity index (χ3n) is 16.8. The number of carbonyl (C=O) groups excluding carboxylic acids is 2. The number of allylic oxidation sites excluding steroid dienone is 7. The van der Waals surface area contributed by atoms with Crippen molar-refractivity contribution in [3.05, 3.63) is 48.6 Å². The Morgan fingerprint density at radius 2 is 0.617 bits per heavy atom. The Labute approximate surface area is 506 Å². The fourth-order valence-electron chi connectivity index (χ4n) is 11.3. The molecule has 0 bridgehead atoms. The van der Waals surface area contributed by atoms with Gasteiger partial charge < -0.3 is 20.3 Å². The second kappa shape index (κ2) is 70.3. The Morgan fingerprint density at radius 3 is 0.975 bits per heavy atom. The summed E-state index contributed by atoms with van der Waals surface area (Å²) in [7, 11) is 0. The van der Waals surface area contributed by atoms with Crippen LogP contribution in [-0.2, 0) is 14.3 Å². The molecule has 0 aliphatic carbocycles. The van der Waals surface area contributed by atoms with Crippen molar-refractivity contribution in [2.75, 3.05) is 13.2 Å². The van der Waals surface area contributed by atoms with Gasteiger partial charge in [0.05, 0.1) is 25.4 Å². The van der Waals surface area contributed by atoms with Crippen LogP contribution in [-0.4, -0.2) is 47.4 Å². The van der Waals surface area contributed by atoms with Crippen molar-refractivity contribution in [2.24, 2.45) is 0 Å². The quantitative estimate of drug-likeness (QED) is 0.0320. The van der Waals surface area contributed by atoms with E-state index in [0.29, 0.717) is 19.4 Å². The number of ether oxygens (including phenoxy) is 1. The molecule has 0 heterocycles. The molecule has 0 saturated carbocycles. The molecule has 0 aromatic carbocycles. The van der Waals surface area contributed by atoms with Crippen molar-refractivity contribution < 1.29 is 24.5 Å². The van der Waals surface area contributed by atoms with E-state index in [1.54, 1.807) is 6.08 Å². The molecule has 0 spiro atoms. The first-order valence-corrected chi connectivity index (χ1v) is 36.4. The largest absolute Gasteiger partial charge is 0.466 e. The highest BCUT2D eigenvalue weighted by atomic mass is 16.5. The molecule has 0 aromatic rings. The molecule has 0 aromatic heterocycles. The first kappa shape index (κ1) is 78.8. The topological polar surface area (TPSA) is 95.9 Å². The first-order chi connectivity index (χ1) is 40.0. The van der Waals surface area contributed by atoms with Crippen LogP contribution in [0.3, 0.4) is 0 Å². The van der Waals surface area contributed by atoms with E-state index in [-0.39, 0.29) is 18.5 Å². The minimum Gasteiger partial charge on any atom is -0.466 e. The van der Waals surface area contributed by atoms with E-state index in [9.17, 15) is 19.8 Å². The highest BCUT2D eigenvalue weighted by Crippen LogP contribution is 2.18. The number of hydrogen-bond donors (Lipinski definition) is 3. The van der Waals surface area contributed by atoms with Crippen LogP contribution in [0.5, 0.6) is 0 Å². The zero-order valence-corrected chi connectivity index (χ0v) is 54.5. The lowest BCUT2D eigenvalue weighted by molar-refractivity contribution is -0.143. The molecule has 6 heteroatoms. The van der Waals surface area contributed by atoms with E-state index in [1.807, 2.05) is 6.08 Å². The van der Waals surface area contributed by atoms with Crippen LogP contribution in [0.25, 0.3) is 0 Å². The molecule has 476 valence electrons. The summed E-state index contributed by atoms with van der Waals surface area (Å²) in [5.74, 6) is -0.0524. The van der Waals surface area contributed by atoms with Gasteiger partial charge in [0.25, 0.3) is 0 Å². The SMILES string of the molecule is CCCCC/C=C\C/C=C\CCCCCCCCCCCC(=O)OCCCCCCCCCCCCCC/C=C\CCCCCCCCCCCCCCCC(=O)NC(CO)C(O)/C=C/CCCCCCCCCCCCCCCC. The Hall–Kier alpha value is -2.18. The molecule has 6 nitrogen and oxygen atoms in total. The summed E-state index contributed by atoms with van der Waals surface area (Å²) in [5, 5.41) is 23.2. The highest BCUT2D eigenvalue weighted by molar-refractivity contribution is 5.76. The van der Waals surface area contributed by atoms with Gasteiger partial charge in [-0.3, -0.25) is 9.59 Å². The van der Waals surface area contributed by atoms with E-state index in [2.05, 4.69) is 55.6 Å². The number of carbonyl (C=O) groups is 2. The Balaban J connectivity index is 3.38. The predicted octanol–water partition coefficient (Wildman–Crippen LogP) is 23.6. The van der Waals surface area contributed by atoms with Gasteiger partial charge in [-0.05, 0) is 89.9 Å². The van der Waals surface area contributed by atoms with Gasteiger partial charge in [0.15, 0.2) is 0 Å². The number of esters is 1. The van der Waals surface area contributed by atoms with Gasteiger partial charge >= 0.3 is 5.97 Å². The molecule has 0 radical (unpaired) electrons. The summed E-state index contributed by atoms with van der Waals surface area (Å²) in [5.41, 5.74) is 0. The number of aliphatic hydroxyl groups excluding tert-OH is 2. The van der Waals surface area contributed by atoms with Crippen LogP contribution in [0.15, 0.2) is 48.6 Å². The summed E-state index contributed by atoms with van der Waals surface area (Å²) in [6.45, 7) is 4.91. The van der Waals surface area contributed by atoms with E-state index >= 15 is 0 Å². The Kier molecular flexibility index (Phi) is 68.4. The second-order valence-electron chi connectivity index (χ2n) is 24.9. The van der Waals surface area contributed by atoms with E-state index < -0.39 is 12.1 Å². The maximum Gasteiger partial charge on any atom is 0.305 e. The van der Waals surface area contributed by atoms with Crippen molar-refractivity contribution in [1.82, 2.24) is 5.32 Å². The highest BCUT2D eigenvalue weighted by Gasteiger charge is 2.18. The number of aliphatic hydroxyl groups is 2. The van der Waals surface area contributed by atoms with E-state index in [4.69, 9.17) is 4.74 Å². The number of rotatable bonds is 68. The maximum absolute atomic E-state index is 12.5. The van der Waals surface area contributed by atoms with Gasteiger partial charge in [-0.15, -0.1) is 0 Å². The van der Waals surface area contributed by atoms with Crippen molar-refractivity contribution in [2.45, 2.75) is 405 Å². The molecule has 81 heavy (non-hydrogen) atoms. The summed E-state index contributed by atoms with van der Waals surface area (Å²) < 4.78 is 5.51. The number of hydrogen-bond acceptors (Lipinski definition) is 5. The molecule has 0 aliphatic rings. The van der Waals surface area contributed by atoms with Crippen LogP contribution in [0.1, 0.15) is 393 Å². The lowest BCUT2D eigenvalue weighted by atomic mass is 10.0. The Morgan fingerprint density at radius 1 is 0.346 bits per heavy atom. The molecule has 0 rings (SSSR count). The average molecular weight is 1140 g/mol. The second-order valence-corrected chi connectivity index (χ2v) is 24.9. The summed E-state index contributed by atoms with van der Waals surface area (Å²) in [4.78, 5) is 24.6. The first-order valence-electron chi connectivity index (χ1n) is 36.4. The zero-order chi connectivity index (χ0) is 58.5. The fourth-order valence-corrected chi connectivity index (χ4v) is 11.3. The average Bonchev–Trinajstić information content (AvgIpc) is 3.47. The van der Waals surface area contributed by atoms with E-state index in [1.165, 1.54) is 315 Å². The maximum atomic E-state index is 12.5. The number of amides is 1. The lowest BCUT2D eigenvalue weighted by Crippen LogP contribution is -2.45. The normalized spacial score (nSPS) is 12.8. The molecule has 2 unspecified atom stereocenters. The summed E-state index contributed by atoms with van der Waals surface area (Å²) in [6, 6.07) is -0.628. The summed E-state index contributed by atoms with van der Waals surface area (Å²) in [6.07, 6.45) is 92.0. The monoisotopic (exact) mass is 1140 g/mol. The molecular weight excluding hydrogens is 995 g/mol. The predicted molar refractivity (Wildman–Crippen MR) is 356 cm³/mol. The van der Waals surface area contributed by atoms with Crippen LogP contribution in [0.2, 0.25) is 0 Å². The van der Waals surface area contributed by atoms with Crippen LogP contribution >= 0.6 is 0 Å². The molecule has 1 amide bonds. The molecule has 0 aliphatic heterocycles. The van der Waals surface area contributed by atoms with E-state index in [0.717, 1.165) is 51.4 Å². The molecule has 3 N–H and O–H groups in total. The number of nitrogens with one attached hydrogen (secondary N) is 1. The van der Waals surface area contributed by atoms with Gasteiger partial charge in [0, 0.05) is 12.8 Å². The Bertz CT molecular complexity index is 1360. The minimum absolute atomic E-state index is 0.0126. The van der Waals surface area contributed by atoms with Crippen LogP contribution in [0.4, 0.5) is 0 Å². The van der Waals surface area contributed by atoms with Gasteiger partial charge in [0.1, 0.15) is 0 Å². The van der Waals surface area contributed by atoms with Gasteiger partial charge in [-0.2, -0.15) is 0 Å². The third kappa shape index (κ3) is 66.8. The van der Waals surface area contributed by atoms with Crippen LogP contribution in [0, 0.1) is 0 Å². The molecule has 0 fully saturated rings. The summed E-state index contributed by atoms with van der Waals surface area (Å²) >= 11 is 0. The third-order valence-corrected chi connectivity index (χ3v) is 16.8. The smallest absolute Gasteiger partial charge is 0.305 e. The van der Waals surface area contributed by atoms with Crippen molar-refractivity contribution in [3.63, 3.8) is 0 Å². The minimum atomic E-state index is -0.844. The standard InChI is InChI=1S/C75H141NO5/c1-3-5-7-9-11-13-15-17-19-21-33-37-41-45-49-53-57-61-65-69-75(80)81-70-66-62-58-54-50-46-42-38-35-32-30-28-26-24-22-23-25-27-29-31-34-36-40-44-48-52-56-60-64-68-74(79)76-72(71-77)73(78)67-63-59-55-51-47-43-39-20-18-16-14-12-10-8-6-4-2/h11,13,17,19,22,24,63,67,72-73,77-78H,3-10,12,14-16,18,20-21,23,25-62,64-66,68-71H2,1-2H3,(H,76,79)/b13-11-,19-17-,24-22-,67-63+. The molecule has 0 saturated heterocycles. The molecule has 2 atom stereocenters. The van der Waals surface area contributed by atoms with Gasteiger partial charge in [0.2, 0.25) is 5.91 Å². The van der Waals surface area contributed by atoms with Crippen LogP contribution < -0.4 is 5.32 Å². The lowest BCUT2D eigenvalue weighted by Gasteiger charge is -2.20. The fraction of sp³-hybridized carbons (Fsp3) is 0.867. The van der Waals surface area contributed by atoms with Gasteiger partial charge in [-0.25, -0.2) is 0 Å². The van der Waals surface area contributed by atoms with Crippen molar-refractivity contribution in [1.29, 1.82) is 0 Å². The molecular formula is C75H141NO5. The number of unbranched alkanes of at least 4 members (excludes halogenated alkanes) is 51. The zero-order valence-electron chi connectivity index (χ0n) is 54.5. The van der Waals surface area contributed by atoms with Crippen molar-refractivity contribution in [3.8, 4) is 0 Å².